The Balaban J connectivity index is 2.90. The third-order valence-corrected chi connectivity index (χ3v) is 0.560. The van der Waals surface area contributed by atoms with Gasteiger partial charge in [0, 0.05) is 18.9 Å². The van der Waals surface area contributed by atoms with Crippen LogP contribution in [0.5, 0.6) is 0 Å². The van der Waals surface area contributed by atoms with Gasteiger partial charge >= 0.3 is 0 Å². The Bertz CT molecular complexity index is 77.7. The first-order chi connectivity index (χ1) is 3.91. The van der Waals surface area contributed by atoms with Crippen LogP contribution in [0, 0.1) is 0 Å². The van der Waals surface area contributed by atoms with E-state index in [1.807, 2.05) is 0 Å². The minimum Gasteiger partial charge on any atom is -0.386 e. The second kappa shape index (κ2) is 6.04. The van der Waals surface area contributed by atoms with E-state index in [4.69, 9.17) is 5.84 Å². The molecule has 4 N–H and O–H groups in total. The Hall–Kier alpha value is -0.960. The van der Waals surface area contributed by atoms with Crippen LogP contribution < -0.4 is 16.6 Å². The Labute approximate surface area is 49.2 Å². The maximum absolute atomic E-state index is 4.91. The van der Waals surface area contributed by atoms with Gasteiger partial charge in [-0.25, -0.2) is 0 Å². The first-order valence-electron chi connectivity index (χ1n) is 2.37. The van der Waals surface area contributed by atoms with Crippen molar-refractivity contribution in [3.63, 3.8) is 0 Å². The van der Waals surface area contributed by atoms with Crippen molar-refractivity contribution in [2.75, 3.05) is 6.54 Å². The zero-order valence-electron chi connectivity index (χ0n) is 4.72. The molecule has 0 rings (SSSR count). The molecule has 0 heterocycles. The van der Waals surface area contributed by atoms with Crippen molar-refractivity contribution in [1.82, 2.24) is 10.7 Å². The summed E-state index contributed by atoms with van der Waals surface area (Å²) in [6.07, 6.45) is 5.08. The van der Waals surface area contributed by atoms with Gasteiger partial charge in [0.1, 0.15) is 0 Å². The molecule has 0 aliphatic rings. The minimum atomic E-state index is 0.762. The predicted molar refractivity (Wildman–Crippen MR) is 34.7 cm³/mol. The van der Waals surface area contributed by atoms with E-state index >= 15 is 0 Å². The number of nitrogens with two attached hydrogens (primary N) is 1. The standard InChI is InChI=1S/C5H11N3/c1-2-3-7-4-5-8-6/h2,4-5,7-8H,1,3,6H2/b5-4-. The summed E-state index contributed by atoms with van der Waals surface area (Å²) >= 11 is 0. The van der Waals surface area contributed by atoms with Crippen molar-refractivity contribution < 1.29 is 0 Å². The second-order valence-corrected chi connectivity index (χ2v) is 1.20. The van der Waals surface area contributed by atoms with E-state index < -0.39 is 0 Å². The number of nitrogens with one attached hydrogen (secondary N) is 2. The molecule has 0 aromatic carbocycles. The van der Waals surface area contributed by atoms with Crippen LogP contribution >= 0.6 is 0 Å². The molecule has 3 heteroatoms. The van der Waals surface area contributed by atoms with E-state index in [1.54, 1.807) is 18.5 Å². The summed E-state index contributed by atoms with van der Waals surface area (Å²) in [5.74, 6) is 4.91. The lowest BCUT2D eigenvalue weighted by Gasteiger charge is -1.90. The summed E-state index contributed by atoms with van der Waals surface area (Å²) in [6, 6.07) is 0. The van der Waals surface area contributed by atoms with Crippen LogP contribution in [-0.4, -0.2) is 6.54 Å². The molecule has 46 valence electrons. The van der Waals surface area contributed by atoms with Crippen molar-refractivity contribution >= 4 is 0 Å². The average molecular weight is 113 g/mol. The van der Waals surface area contributed by atoms with Gasteiger partial charge < -0.3 is 10.7 Å². The molecule has 0 aliphatic heterocycles. The van der Waals surface area contributed by atoms with E-state index in [1.165, 1.54) is 0 Å². The van der Waals surface area contributed by atoms with E-state index in [0.717, 1.165) is 6.54 Å². The van der Waals surface area contributed by atoms with Crippen molar-refractivity contribution in [3.05, 3.63) is 25.1 Å². The summed E-state index contributed by atoms with van der Waals surface area (Å²) < 4.78 is 0. The molecule has 0 spiro atoms. The normalized spacial score (nSPS) is 9.12. The highest BCUT2D eigenvalue weighted by Gasteiger charge is 1.64. The monoisotopic (exact) mass is 113 g/mol. The van der Waals surface area contributed by atoms with Gasteiger partial charge in [0.25, 0.3) is 0 Å². The number of hydrogen-bond donors (Lipinski definition) is 3. The molecule has 0 amide bonds. The molecule has 0 fully saturated rings. The van der Waals surface area contributed by atoms with Crippen molar-refractivity contribution in [2.24, 2.45) is 5.84 Å². The second-order valence-electron chi connectivity index (χ2n) is 1.20. The van der Waals surface area contributed by atoms with Crippen molar-refractivity contribution in [3.8, 4) is 0 Å². The van der Waals surface area contributed by atoms with Crippen LogP contribution in [0.25, 0.3) is 0 Å². The van der Waals surface area contributed by atoms with Crippen LogP contribution in [0.1, 0.15) is 0 Å². The fraction of sp³-hybridized carbons (Fsp3) is 0.200. The van der Waals surface area contributed by atoms with Gasteiger partial charge in [-0.15, -0.1) is 6.58 Å². The summed E-state index contributed by atoms with van der Waals surface area (Å²) in [5.41, 5.74) is 2.35. The van der Waals surface area contributed by atoms with Gasteiger partial charge in [-0.3, -0.25) is 5.84 Å². The Kier molecular flexibility index (Phi) is 5.32. The van der Waals surface area contributed by atoms with Gasteiger partial charge in [-0.05, 0) is 0 Å². The summed E-state index contributed by atoms with van der Waals surface area (Å²) in [4.78, 5) is 0. The topological polar surface area (TPSA) is 50.1 Å². The van der Waals surface area contributed by atoms with Crippen LogP contribution in [0.4, 0.5) is 0 Å². The first-order valence-corrected chi connectivity index (χ1v) is 2.37. The summed E-state index contributed by atoms with van der Waals surface area (Å²) in [6.45, 7) is 4.27. The molecule has 0 radical (unpaired) electrons. The molecule has 0 atom stereocenters. The third kappa shape index (κ3) is 5.04. The largest absolute Gasteiger partial charge is 0.386 e. The smallest absolute Gasteiger partial charge is 0.0323 e. The van der Waals surface area contributed by atoms with E-state index in [2.05, 4.69) is 17.3 Å². The Morgan fingerprint density at radius 2 is 2.25 bits per heavy atom. The van der Waals surface area contributed by atoms with Gasteiger partial charge in [0.05, 0.1) is 0 Å². The SMILES string of the molecule is C=CCN/C=C\NN. The minimum absolute atomic E-state index is 0.762. The maximum atomic E-state index is 4.91. The quantitative estimate of drug-likeness (QED) is 0.203. The van der Waals surface area contributed by atoms with Crippen LogP contribution in [-0.2, 0) is 0 Å². The molecule has 0 bridgehead atoms. The number of hydrogen-bond acceptors (Lipinski definition) is 3. The zero-order valence-corrected chi connectivity index (χ0v) is 4.72. The fourth-order valence-corrected chi connectivity index (χ4v) is 0.258. The molecular formula is C5H11N3. The molecule has 8 heavy (non-hydrogen) atoms. The van der Waals surface area contributed by atoms with Gasteiger partial charge in [-0.2, -0.15) is 0 Å². The fourth-order valence-electron chi connectivity index (χ4n) is 0.258. The lowest BCUT2D eigenvalue weighted by molar-refractivity contribution is 0.918. The number of hydrazine groups is 1. The summed E-state index contributed by atoms with van der Waals surface area (Å²) in [7, 11) is 0. The van der Waals surface area contributed by atoms with Crippen LogP contribution in [0.15, 0.2) is 25.1 Å². The molecule has 0 saturated carbocycles. The van der Waals surface area contributed by atoms with Crippen LogP contribution in [0.2, 0.25) is 0 Å². The van der Waals surface area contributed by atoms with E-state index in [-0.39, 0.29) is 0 Å². The zero-order chi connectivity index (χ0) is 6.24. The van der Waals surface area contributed by atoms with E-state index in [9.17, 15) is 0 Å². The molecule has 0 aromatic rings. The van der Waals surface area contributed by atoms with E-state index in [0.29, 0.717) is 0 Å². The van der Waals surface area contributed by atoms with Crippen LogP contribution in [0.3, 0.4) is 0 Å². The molecule has 0 unspecified atom stereocenters. The van der Waals surface area contributed by atoms with Crippen molar-refractivity contribution in [2.45, 2.75) is 0 Å². The number of rotatable bonds is 4. The molecule has 3 nitrogen and oxygen atoms in total. The Morgan fingerprint density at radius 1 is 1.50 bits per heavy atom. The predicted octanol–water partition coefficient (Wildman–Crippen LogP) is -0.304. The lowest BCUT2D eigenvalue weighted by Crippen LogP contribution is -2.15. The highest BCUT2D eigenvalue weighted by molar-refractivity contribution is 4.79. The maximum Gasteiger partial charge on any atom is 0.0323 e. The highest BCUT2D eigenvalue weighted by atomic mass is 15.2. The van der Waals surface area contributed by atoms with Gasteiger partial charge in [0.2, 0.25) is 0 Å². The average Bonchev–Trinajstić information content (AvgIpc) is 1.81. The summed E-state index contributed by atoms with van der Waals surface area (Å²) in [5, 5.41) is 2.89. The van der Waals surface area contributed by atoms with Gasteiger partial charge in [0.15, 0.2) is 0 Å². The molecule has 0 aliphatic carbocycles. The van der Waals surface area contributed by atoms with Crippen molar-refractivity contribution in [1.29, 1.82) is 0 Å². The Morgan fingerprint density at radius 3 is 2.75 bits per heavy atom. The van der Waals surface area contributed by atoms with Gasteiger partial charge in [-0.1, -0.05) is 6.08 Å². The highest BCUT2D eigenvalue weighted by Crippen LogP contribution is 1.59. The third-order valence-electron chi connectivity index (χ3n) is 0.560. The molecular weight excluding hydrogens is 102 g/mol. The molecule has 0 saturated heterocycles. The first kappa shape index (κ1) is 7.04. The lowest BCUT2D eigenvalue weighted by atomic mass is 10.6. The molecule has 0 aromatic heterocycles.